The van der Waals surface area contributed by atoms with Crippen LogP contribution in [-0.2, 0) is 6.42 Å². The summed E-state index contributed by atoms with van der Waals surface area (Å²) in [6.45, 7) is 0. The van der Waals surface area contributed by atoms with Crippen LogP contribution in [0, 0.1) is 23.7 Å². The first kappa shape index (κ1) is 21.8. The molecule has 1 nitrogen and oxygen atoms in total. The first-order chi connectivity index (χ1) is 17.2. The highest BCUT2D eigenvalue weighted by Gasteiger charge is 2.44. The van der Waals surface area contributed by atoms with Crippen molar-refractivity contribution in [3.05, 3.63) is 82.9 Å². The van der Waals surface area contributed by atoms with E-state index in [1.165, 1.54) is 86.3 Å². The van der Waals surface area contributed by atoms with Gasteiger partial charge in [-0.1, -0.05) is 73.9 Å². The second-order valence-electron chi connectivity index (χ2n) is 12.4. The van der Waals surface area contributed by atoms with E-state index in [1.807, 2.05) is 0 Å². The normalized spacial score (nSPS) is 26.3. The molecule has 35 heavy (non-hydrogen) atoms. The largest absolute Gasteiger partial charge is 0.294 e. The Kier molecular flexibility index (Phi) is 5.56. The van der Waals surface area contributed by atoms with Gasteiger partial charge in [-0.15, -0.1) is 0 Å². The van der Waals surface area contributed by atoms with E-state index in [0.717, 1.165) is 28.7 Å². The summed E-state index contributed by atoms with van der Waals surface area (Å²) in [5, 5.41) is 2.38. The lowest BCUT2D eigenvalue weighted by molar-refractivity contribution is 0.0956. The van der Waals surface area contributed by atoms with E-state index in [0.29, 0.717) is 30.0 Å². The minimum absolute atomic E-state index is 0.356. The standard InChI is InChI=1S/C34H38O/c35-34(33-20-29(25-15-16-25)19-27-3-1-2-4-30(27)33)21-32(31-18-24-11-14-28(31)17-24)26-12-9-23(10-13-26)8-7-22-5-6-22/h1-4,9-10,12-13,19-20,22,24-25,28,31-32H,5-8,11,14-18,21H2/t24-,28+,31?,32-/m0/s1. The maximum atomic E-state index is 14.1. The van der Waals surface area contributed by atoms with Gasteiger partial charge in [0.1, 0.15) is 0 Å². The second kappa shape index (κ2) is 8.91. The number of hydrogen-bond acceptors (Lipinski definition) is 1. The van der Waals surface area contributed by atoms with Crippen LogP contribution in [0.2, 0.25) is 0 Å². The van der Waals surface area contributed by atoms with E-state index in [-0.39, 0.29) is 0 Å². The lowest BCUT2D eigenvalue weighted by Crippen LogP contribution is -2.22. The molecule has 0 N–H and O–H groups in total. The van der Waals surface area contributed by atoms with Crippen molar-refractivity contribution >= 4 is 16.6 Å². The van der Waals surface area contributed by atoms with Crippen LogP contribution in [0.15, 0.2) is 60.7 Å². The number of fused-ring (bicyclic) bond motifs is 3. The van der Waals surface area contributed by atoms with Crippen LogP contribution < -0.4 is 0 Å². The predicted molar refractivity (Wildman–Crippen MR) is 144 cm³/mol. The third kappa shape index (κ3) is 4.48. The lowest BCUT2D eigenvalue weighted by Gasteiger charge is -2.31. The van der Waals surface area contributed by atoms with Gasteiger partial charge < -0.3 is 0 Å². The molecule has 0 amide bonds. The summed E-state index contributed by atoms with van der Waals surface area (Å²) >= 11 is 0. The quantitative estimate of drug-likeness (QED) is 0.290. The number of Topliss-reactive ketones (excluding diaryl/α,β-unsaturated/α-hetero) is 1. The molecule has 0 heterocycles. The summed E-state index contributed by atoms with van der Waals surface area (Å²) in [5.41, 5.74) is 5.23. The summed E-state index contributed by atoms with van der Waals surface area (Å²) < 4.78 is 0. The molecule has 4 fully saturated rings. The molecule has 0 aromatic heterocycles. The third-order valence-electron chi connectivity index (χ3n) is 9.89. The number of hydrogen-bond donors (Lipinski definition) is 0. The highest BCUT2D eigenvalue weighted by Crippen LogP contribution is 2.54. The van der Waals surface area contributed by atoms with Crippen molar-refractivity contribution in [2.45, 2.75) is 82.5 Å². The van der Waals surface area contributed by atoms with Gasteiger partial charge in [0.05, 0.1) is 0 Å². The molecule has 4 aliphatic carbocycles. The zero-order chi connectivity index (χ0) is 23.4. The van der Waals surface area contributed by atoms with Gasteiger partial charge in [0.25, 0.3) is 0 Å². The van der Waals surface area contributed by atoms with Gasteiger partial charge >= 0.3 is 0 Å². The van der Waals surface area contributed by atoms with Crippen LogP contribution in [0.3, 0.4) is 0 Å². The molecule has 3 aromatic carbocycles. The van der Waals surface area contributed by atoms with Crippen molar-refractivity contribution in [2.24, 2.45) is 23.7 Å². The molecule has 0 saturated heterocycles. The van der Waals surface area contributed by atoms with E-state index >= 15 is 0 Å². The molecular formula is C34H38O. The molecule has 0 radical (unpaired) electrons. The monoisotopic (exact) mass is 462 g/mol. The molecule has 1 heteroatoms. The molecule has 4 saturated carbocycles. The average Bonchev–Trinajstić information content (AvgIpc) is 3.83. The molecule has 1 unspecified atom stereocenters. The molecule has 4 atom stereocenters. The number of ketones is 1. The van der Waals surface area contributed by atoms with Crippen molar-refractivity contribution in [3.8, 4) is 0 Å². The molecule has 0 aliphatic heterocycles. The Morgan fingerprint density at radius 3 is 2.40 bits per heavy atom. The maximum absolute atomic E-state index is 14.1. The number of rotatable bonds is 9. The minimum atomic E-state index is 0.356. The smallest absolute Gasteiger partial charge is 0.164 e. The van der Waals surface area contributed by atoms with E-state index in [1.54, 1.807) is 0 Å². The van der Waals surface area contributed by atoms with Gasteiger partial charge in [0, 0.05) is 12.0 Å². The van der Waals surface area contributed by atoms with Crippen molar-refractivity contribution in [1.29, 1.82) is 0 Å². The van der Waals surface area contributed by atoms with Crippen molar-refractivity contribution in [3.63, 3.8) is 0 Å². The zero-order valence-corrected chi connectivity index (χ0v) is 20.9. The van der Waals surface area contributed by atoms with Gasteiger partial charge in [0.2, 0.25) is 0 Å². The fraction of sp³-hybridized carbons (Fsp3) is 0.500. The first-order valence-corrected chi connectivity index (χ1v) is 14.4. The number of carbonyl (C=O) groups is 1. The van der Waals surface area contributed by atoms with Crippen LogP contribution in [0.1, 0.15) is 103 Å². The van der Waals surface area contributed by atoms with Crippen LogP contribution in [0.25, 0.3) is 10.8 Å². The van der Waals surface area contributed by atoms with E-state index in [4.69, 9.17) is 0 Å². The zero-order valence-electron chi connectivity index (χ0n) is 20.9. The Labute approximate surface area is 210 Å². The molecule has 4 aliphatic rings. The van der Waals surface area contributed by atoms with Crippen molar-refractivity contribution in [2.75, 3.05) is 0 Å². The van der Waals surface area contributed by atoms with E-state index < -0.39 is 0 Å². The van der Waals surface area contributed by atoms with Gasteiger partial charge in [-0.2, -0.15) is 0 Å². The van der Waals surface area contributed by atoms with Crippen LogP contribution in [-0.4, -0.2) is 5.78 Å². The highest BCUT2D eigenvalue weighted by molar-refractivity contribution is 6.08. The van der Waals surface area contributed by atoms with Gasteiger partial charge in [0.15, 0.2) is 5.78 Å². The Bertz CT molecular complexity index is 1230. The third-order valence-corrected chi connectivity index (χ3v) is 9.89. The SMILES string of the molecule is O=C(C[C@@H](c1ccc(CCC2CC2)cc1)C1C[C@H]2CC[C@@H]1C2)c1cc(C2CC2)cc2ccccc12. The maximum Gasteiger partial charge on any atom is 0.164 e. The number of benzene rings is 3. The average molecular weight is 463 g/mol. The van der Waals surface area contributed by atoms with Crippen LogP contribution in [0.5, 0.6) is 0 Å². The molecule has 2 bridgehead atoms. The summed E-state index contributed by atoms with van der Waals surface area (Å²) in [7, 11) is 0. The summed E-state index contributed by atoms with van der Waals surface area (Å²) in [4.78, 5) is 14.1. The topological polar surface area (TPSA) is 17.1 Å². The van der Waals surface area contributed by atoms with Crippen molar-refractivity contribution < 1.29 is 4.79 Å². The summed E-state index contributed by atoms with van der Waals surface area (Å²) in [5.74, 6) is 4.76. The Hall–Kier alpha value is -2.41. The Balaban J connectivity index is 1.19. The van der Waals surface area contributed by atoms with Gasteiger partial charge in [-0.3, -0.25) is 4.79 Å². The molecule has 180 valence electrons. The molecule has 7 rings (SSSR count). The number of aryl methyl sites for hydroxylation is 1. The highest BCUT2D eigenvalue weighted by atomic mass is 16.1. The second-order valence-corrected chi connectivity index (χ2v) is 12.4. The molecule has 0 spiro atoms. The Morgan fingerprint density at radius 1 is 0.857 bits per heavy atom. The molecule has 3 aromatic rings. The van der Waals surface area contributed by atoms with Crippen LogP contribution >= 0.6 is 0 Å². The van der Waals surface area contributed by atoms with Crippen LogP contribution in [0.4, 0.5) is 0 Å². The minimum Gasteiger partial charge on any atom is -0.294 e. The van der Waals surface area contributed by atoms with Gasteiger partial charge in [-0.05, 0) is 114 Å². The lowest BCUT2D eigenvalue weighted by atomic mass is 9.73. The van der Waals surface area contributed by atoms with Gasteiger partial charge in [-0.25, -0.2) is 0 Å². The summed E-state index contributed by atoms with van der Waals surface area (Å²) in [6.07, 6.45) is 14.1. The fourth-order valence-corrected chi connectivity index (χ4v) is 7.54. The fourth-order valence-electron chi connectivity index (χ4n) is 7.54. The first-order valence-electron chi connectivity index (χ1n) is 14.4. The predicted octanol–water partition coefficient (Wildman–Crippen LogP) is 8.85. The summed E-state index contributed by atoms with van der Waals surface area (Å²) in [6, 6.07) is 22.6. The number of carbonyl (C=O) groups excluding carboxylic acids is 1. The van der Waals surface area contributed by atoms with E-state index in [9.17, 15) is 4.79 Å². The van der Waals surface area contributed by atoms with E-state index in [2.05, 4.69) is 60.7 Å². The Morgan fingerprint density at radius 2 is 1.69 bits per heavy atom. The van der Waals surface area contributed by atoms with Crippen molar-refractivity contribution in [1.82, 2.24) is 0 Å². The molecular weight excluding hydrogens is 424 g/mol.